The van der Waals surface area contributed by atoms with Gasteiger partial charge in [-0.25, -0.2) is 14.3 Å². The second-order valence-corrected chi connectivity index (χ2v) is 9.77. The molecule has 4 aromatic rings. The van der Waals surface area contributed by atoms with Gasteiger partial charge >= 0.3 is 11.9 Å². The summed E-state index contributed by atoms with van der Waals surface area (Å²) in [6.07, 6.45) is 0. The van der Waals surface area contributed by atoms with Gasteiger partial charge < -0.3 is 14.8 Å². The first-order valence-electron chi connectivity index (χ1n) is 12.2. The summed E-state index contributed by atoms with van der Waals surface area (Å²) in [5.41, 5.74) is 1.85. The number of ether oxygens (including phenoxy) is 2. The molecule has 0 atom stereocenters. The van der Waals surface area contributed by atoms with Gasteiger partial charge in [-0.1, -0.05) is 60.7 Å². The summed E-state index contributed by atoms with van der Waals surface area (Å²) in [5, 5.41) is 7.57. The standard InChI is InChI=1S/C29H27N3O6S/c1-5-38-29(36)22-17(2)18(3)39-26(22)30-21(33)16-32-27(34)24(28(35)37-4)23(19-12-8-6-9-13-19)25(31-32)20-14-10-7-11-15-20/h6-15H,5,16H2,1-4H3,(H,30,33). The Kier molecular flexibility index (Phi) is 8.36. The minimum Gasteiger partial charge on any atom is -0.465 e. The second-order valence-electron chi connectivity index (χ2n) is 8.54. The summed E-state index contributed by atoms with van der Waals surface area (Å²) in [6.45, 7) is 4.99. The van der Waals surface area contributed by atoms with Gasteiger partial charge in [0.15, 0.2) is 0 Å². The molecule has 2 heterocycles. The SMILES string of the molecule is CCOC(=O)c1c(NC(=O)Cn2nc(-c3ccccc3)c(-c3ccccc3)c(C(=O)OC)c2=O)sc(C)c1C. The molecule has 0 aliphatic rings. The zero-order valence-electron chi connectivity index (χ0n) is 21.9. The molecule has 0 saturated heterocycles. The number of benzene rings is 2. The van der Waals surface area contributed by atoms with Gasteiger partial charge in [0.2, 0.25) is 5.91 Å². The number of methoxy groups -OCH3 is 1. The maximum absolute atomic E-state index is 13.6. The van der Waals surface area contributed by atoms with E-state index in [1.807, 2.05) is 31.2 Å². The lowest BCUT2D eigenvalue weighted by molar-refractivity contribution is -0.117. The van der Waals surface area contributed by atoms with Crippen LogP contribution in [0.15, 0.2) is 65.5 Å². The minimum atomic E-state index is -0.846. The Bertz CT molecular complexity index is 1590. The van der Waals surface area contributed by atoms with E-state index in [0.29, 0.717) is 32.9 Å². The molecule has 0 spiro atoms. The van der Waals surface area contributed by atoms with Gasteiger partial charge in [0.25, 0.3) is 5.56 Å². The third-order valence-electron chi connectivity index (χ3n) is 6.07. The molecule has 0 radical (unpaired) electrons. The summed E-state index contributed by atoms with van der Waals surface area (Å²) in [7, 11) is 1.19. The predicted octanol–water partition coefficient (Wildman–Crippen LogP) is 4.86. The van der Waals surface area contributed by atoms with Crippen LogP contribution >= 0.6 is 11.3 Å². The molecule has 9 nitrogen and oxygen atoms in total. The first-order valence-corrected chi connectivity index (χ1v) is 13.0. The van der Waals surface area contributed by atoms with Crippen molar-refractivity contribution in [2.24, 2.45) is 0 Å². The van der Waals surface area contributed by atoms with Crippen LogP contribution in [0.1, 0.15) is 38.1 Å². The summed E-state index contributed by atoms with van der Waals surface area (Å²) >= 11 is 1.23. The highest BCUT2D eigenvalue weighted by molar-refractivity contribution is 7.16. The Morgan fingerprint density at radius 2 is 1.54 bits per heavy atom. The molecule has 39 heavy (non-hydrogen) atoms. The maximum atomic E-state index is 13.6. The molecule has 1 N–H and O–H groups in total. The molecular weight excluding hydrogens is 518 g/mol. The fourth-order valence-corrected chi connectivity index (χ4v) is 5.18. The van der Waals surface area contributed by atoms with Crippen LogP contribution < -0.4 is 10.9 Å². The first-order chi connectivity index (χ1) is 18.8. The molecule has 0 aliphatic carbocycles. The van der Waals surface area contributed by atoms with Gasteiger partial charge in [-0.2, -0.15) is 5.10 Å². The van der Waals surface area contributed by atoms with Crippen molar-refractivity contribution in [2.75, 3.05) is 19.0 Å². The van der Waals surface area contributed by atoms with E-state index < -0.39 is 29.9 Å². The Balaban J connectivity index is 1.83. The summed E-state index contributed by atoms with van der Waals surface area (Å²) < 4.78 is 11.1. The quantitative estimate of drug-likeness (QED) is 0.314. The van der Waals surface area contributed by atoms with Crippen LogP contribution in [0, 0.1) is 13.8 Å². The fraction of sp³-hybridized carbons (Fsp3) is 0.207. The van der Waals surface area contributed by atoms with Crippen LogP contribution in [-0.4, -0.2) is 41.3 Å². The van der Waals surface area contributed by atoms with E-state index in [1.54, 1.807) is 50.2 Å². The number of aryl methyl sites for hydroxylation is 1. The topological polar surface area (TPSA) is 117 Å². The zero-order valence-corrected chi connectivity index (χ0v) is 22.8. The average molecular weight is 546 g/mol. The molecular formula is C29H27N3O6S. The van der Waals surface area contributed by atoms with Crippen molar-refractivity contribution in [3.05, 3.63) is 92.6 Å². The van der Waals surface area contributed by atoms with Crippen molar-refractivity contribution in [1.29, 1.82) is 0 Å². The summed E-state index contributed by atoms with van der Waals surface area (Å²) in [6, 6.07) is 18.0. The molecule has 1 amide bonds. The molecule has 200 valence electrons. The van der Waals surface area contributed by atoms with Crippen LogP contribution in [0.2, 0.25) is 0 Å². The van der Waals surface area contributed by atoms with E-state index in [2.05, 4.69) is 10.4 Å². The second kappa shape index (κ2) is 11.9. The number of anilines is 1. The Morgan fingerprint density at radius 1 is 0.923 bits per heavy atom. The van der Waals surface area contributed by atoms with E-state index >= 15 is 0 Å². The van der Waals surface area contributed by atoms with E-state index in [4.69, 9.17) is 9.47 Å². The zero-order chi connectivity index (χ0) is 28.1. The van der Waals surface area contributed by atoms with Crippen molar-refractivity contribution in [3.63, 3.8) is 0 Å². The van der Waals surface area contributed by atoms with E-state index in [9.17, 15) is 19.2 Å². The van der Waals surface area contributed by atoms with Gasteiger partial charge in [0, 0.05) is 16.0 Å². The molecule has 0 aliphatic heterocycles. The fourth-order valence-electron chi connectivity index (χ4n) is 4.12. The highest BCUT2D eigenvalue weighted by Gasteiger charge is 2.27. The average Bonchev–Trinajstić information content (AvgIpc) is 3.22. The number of thiophene rings is 1. The lowest BCUT2D eigenvalue weighted by Crippen LogP contribution is -2.34. The monoisotopic (exact) mass is 545 g/mol. The van der Waals surface area contributed by atoms with Crippen LogP contribution in [-0.2, 0) is 20.8 Å². The number of carbonyl (C=O) groups is 3. The molecule has 0 fully saturated rings. The minimum absolute atomic E-state index is 0.187. The molecule has 0 saturated carbocycles. The number of esters is 2. The van der Waals surface area contributed by atoms with Crippen LogP contribution in [0.4, 0.5) is 5.00 Å². The lowest BCUT2D eigenvalue weighted by atomic mass is 9.95. The Hall–Kier alpha value is -4.57. The van der Waals surface area contributed by atoms with Gasteiger partial charge in [0.05, 0.1) is 25.0 Å². The van der Waals surface area contributed by atoms with Gasteiger partial charge in [-0.05, 0) is 31.9 Å². The highest BCUT2D eigenvalue weighted by Crippen LogP contribution is 2.34. The molecule has 2 aromatic heterocycles. The number of rotatable bonds is 8. The molecule has 10 heteroatoms. The number of nitrogens with one attached hydrogen (secondary N) is 1. The summed E-state index contributed by atoms with van der Waals surface area (Å²) in [4.78, 5) is 53.1. The van der Waals surface area contributed by atoms with Crippen molar-refractivity contribution >= 4 is 34.2 Å². The third-order valence-corrected chi connectivity index (χ3v) is 7.19. The predicted molar refractivity (Wildman–Crippen MR) is 149 cm³/mol. The van der Waals surface area contributed by atoms with Crippen molar-refractivity contribution in [2.45, 2.75) is 27.3 Å². The van der Waals surface area contributed by atoms with Crippen LogP contribution in [0.5, 0.6) is 0 Å². The molecule has 0 unspecified atom stereocenters. The van der Waals surface area contributed by atoms with Gasteiger partial charge in [-0.3, -0.25) is 9.59 Å². The van der Waals surface area contributed by atoms with Crippen LogP contribution in [0.25, 0.3) is 22.4 Å². The largest absolute Gasteiger partial charge is 0.465 e. The smallest absolute Gasteiger partial charge is 0.344 e. The Labute approximate surface area is 229 Å². The number of nitrogens with zero attached hydrogens (tertiary/aromatic N) is 2. The maximum Gasteiger partial charge on any atom is 0.344 e. The van der Waals surface area contributed by atoms with Gasteiger partial charge in [0.1, 0.15) is 17.1 Å². The number of hydrogen-bond donors (Lipinski definition) is 1. The van der Waals surface area contributed by atoms with E-state index in [1.165, 1.54) is 18.4 Å². The lowest BCUT2D eigenvalue weighted by Gasteiger charge is -2.16. The van der Waals surface area contributed by atoms with Gasteiger partial charge in [-0.15, -0.1) is 11.3 Å². The normalized spacial score (nSPS) is 10.7. The van der Waals surface area contributed by atoms with Crippen molar-refractivity contribution in [3.8, 4) is 22.4 Å². The molecule has 0 bridgehead atoms. The number of aromatic nitrogens is 2. The van der Waals surface area contributed by atoms with E-state index in [-0.39, 0.29) is 17.7 Å². The van der Waals surface area contributed by atoms with Crippen LogP contribution in [0.3, 0.4) is 0 Å². The number of amides is 1. The van der Waals surface area contributed by atoms with E-state index in [0.717, 1.165) is 9.56 Å². The Morgan fingerprint density at radius 3 is 2.13 bits per heavy atom. The number of hydrogen-bond acceptors (Lipinski definition) is 8. The summed E-state index contributed by atoms with van der Waals surface area (Å²) in [5.74, 6) is -1.99. The third kappa shape index (κ3) is 5.65. The van der Waals surface area contributed by atoms with Crippen molar-refractivity contribution < 1.29 is 23.9 Å². The first kappa shape index (κ1) is 27.5. The molecule has 2 aromatic carbocycles. The van der Waals surface area contributed by atoms with Crippen molar-refractivity contribution in [1.82, 2.24) is 9.78 Å². The highest BCUT2D eigenvalue weighted by atomic mass is 32.1. The molecule has 4 rings (SSSR count). The number of carbonyl (C=O) groups excluding carboxylic acids is 3.